The second-order valence-corrected chi connectivity index (χ2v) is 4.48. The Kier molecular flexibility index (Phi) is 2.11. The monoisotopic (exact) mass is 182 g/mol. The van der Waals surface area contributed by atoms with Gasteiger partial charge in [-0.1, -0.05) is 6.42 Å². The van der Waals surface area contributed by atoms with Gasteiger partial charge in [0.2, 0.25) is 0 Å². The molecule has 0 amide bonds. The highest BCUT2D eigenvalue weighted by molar-refractivity contribution is 5.26. The summed E-state index contributed by atoms with van der Waals surface area (Å²) in [6.07, 6.45) is 5.48. The van der Waals surface area contributed by atoms with Crippen molar-refractivity contribution in [2.45, 2.75) is 44.6 Å². The molecule has 0 aliphatic heterocycles. The molecular weight excluding hydrogens is 164 g/mol. The molecule has 1 N–H and O–H groups in total. The fourth-order valence-corrected chi connectivity index (χ4v) is 2.80. The van der Waals surface area contributed by atoms with E-state index in [0.29, 0.717) is 12.3 Å². The second kappa shape index (κ2) is 3.02. The van der Waals surface area contributed by atoms with Crippen LogP contribution in [0.2, 0.25) is 0 Å². The summed E-state index contributed by atoms with van der Waals surface area (Å²) in [6, 6.07) is 0. The zero-order valence-corrected chi connectivity index (χ0v) is 8.47. The summed E-state index contributed by atoms with van der Waals surface area (Å²) < 4.78 is 5.34. The zero-order valence-electron chi connectivity index (χ0n) is 8.47. The molecule has 2 heteroatoms. The molecule has 2 atom stereocenters. The second-order valence-electron chi connectivity index (χ2n) is 4.48. The van der Waals surface area contributed by atoms with Crippen LogP contribution in [0, 0.1) is 5.92 Å². The standard InChI is InChI=1S/C11H18O2/c1-11(12)7-10(13-2)8-5-3-4-6-9(8)11/h9,12H,3-7H2,1-2H3/t9-,11-/m1/s1. The predicted molar refractivity (Wildman–Crippen MR) is 51.2 cm³/mol. The Hall–Kier alpha value is -0.500. The first-order chi connectivity index (χ1) is 6.15. The number of methoxy groups -OCH3 is 1. The summed E-state index contributed by atoms with van der Waals surface area (Å²) in [5.74, 6) is 1.42. The average Bonchev–Trinajstić information content (AvgIpc) is 2.39. The number of aliphatic hydroxyl groups is 1. The number of hydrogen-bond acceptors (Lipinski definition) is 2. The number of rotatable bonds is 1. The van der Waals surface area contributed by atoms with Gasteiger partial charge in [0.05, 0.1) is 18.5 Å². The molecule has 0 aromatic carbocycles. The van der Waals surface area contributed by atoms with Crippen LogP contribution in [0.25, 0.3) is 0 Å². The van der Waals surface area contributed by atoms with Gasteiger partial charge in [-0.15, -0.1) is 0 Å². The molecule has 0 heterocycles. The van der Waals surface area contributed by atoms with Crippen molar-refractivity contribution in [3.63, 3.8) is 0 Å². The van der Waals surface area contributed by atoms with E-state index in [1.165, 1.54) is 18.4 Å². The molecule has 0 spiro atoms. The van der Waals surface area contributed by atoms with Gasteiger partial charge in [-0.05, 0) is 31.8 Å². The van der Waals surface area contributed by atoms with E-state index in [2.05, 4.69) is 0 Å². The molecule has 0 aromatic rings. The molecule has 2 rings (SSSR count). The van der Waals surface area contributed by atoms with E-state index in [9.17, 15) is 5.11 Å². The number of ether oxygens (including phenoxy) is 1. The normalized spacial score (nSPS) is 39.2. The lowest BCUT2D eigenvalue weighted by Gasteiger charge is -2.30. The highest BCUT2D eigenvalue weighted by atomic mass is 16.5. The van der Waals surface area contributed by atoms with Gasteiger partial charge in [0, 0.05) is 12.3 Å². The SMILES string of the molecule is COC1=C2CCCC[C@H]2[C@](C)(O)C1. The van der Waals surface area contributed by atoms with Crippen molar-refractivity contribution < 1.29 is 9.84 Å². The van der Waals surface area contributed by atoms with Gasteiger partial charge in [0.1, 0.15) is 0 Å². The molecule has 0 aromatic heterocycles. The van der Waals surface area contributed by atoms with E-state index in [0.717, 1.165) is 18.6 Å². The highest BCUT2D eigenvalue weighted by Gasteiger charge is 2.44. The fourth-order valence-electron chi connectivity index (χ4n) is 2.80. The molecule has 2 aliphatic rings. The molecule has 13 heavy (non-hydrogen) atoms. The quantitative estimate of drug-likeness (QED) is 0.674. The minimum atomic E-state index is -0.541. The smallest absolute Gasteiger partial charge is 0.0980 e. The Morgan fingerprint density at radius 1 is 1.46 bits per heavy atom. The van der Waals surface area contributed by atoms with Gasteiger partial charge in [-0.25, -0.2) is 0 Å². The van der Waals surface area contributed by atoms with Crippen molar-refractivity contribution >= 4 is 0 Å². The first-order valence-corrected chi connectivity index (χ1v) is 5.13. The third-order valence-corrected chi connectivity index (χ3v) is 3.48. The van der Waals surface area contributed by atoms with Crippen LogP contribution in [0.4, 0.5) is 0 Å². The zero-order chi connectivity index (χ0) is 9.47. The molecule has 0 radical (unpaired) electrons. The van der Waals surface area contributed by atoms with Gasteiger partial charge in [-0.3, -0.25) is 0 Å². The third kappa shape index (κ3) is 1.37. The van der Waals surface area contributed by atoms with E-state index < -0.39 is 5.60 Å². The van der Waals surface area contributed by atoms with E-state index in [-0.39, 0.29) is 0 Å². The molecule has 0 unspecified atom stereocenters. The Labute approximate surface area is 79.6 Å². The van der Waals surface area contributed by atoms with Crippen LogP contribution in [0.5, 0.6) is 0 Å². The first-order valence-electron chi connectivity index (χ1n) is 5.13. The van der Waals surface area contributed by atoms with Gasteiger partial charge in [0.15, 0.2) is 0 Å². The lowest BCUT2D eigenvalue weighted by molar-refractivity contribution is 0.0136. The predicted octanol–water partition coefficient (Wildman–Crippen LogP) is 2.23. The maximum atomic E-state index is 10.2. The van der Waals surface area contributed by atoms with Crippen LogP contribution in [-0.4, -0.2) is 17.8 Å². The molecule has 2 nitrogen and oxygen atoms in total. The molecule has 0 saturated heterocycles. The van der Waals surface area contributed by atoms with Gasteiger partial charge in [-0.2, -0.15) is 0 Å². The molecule has 74 valence electrons. The third-order valence-electron chi connectivity index (χ3n) is 3.48. The Morgan fingerprint density at radius 3 is 2.92 bits per heavy atom. The largest absolute Gasteiger partial charge is 0.501 e. The molecule has 1 fully saturated rings. The summed E-state index contributed by atoms with van der Waals surface area (Å²) >= 11 is 0. The Bertz CT molecular complexity index is 240. The lowest BCUT2D eigenvalue weighted by Crippen LogP contribution is -2.32. The molecule has 0 bridgehead atoms. The van der Waals surface area contributed by atoms with Crippen LogP contribution in [0.15, 0.2) is 11.3 Å². The van der Waals surface area contributed by atoms with E-state index >= 15 is 0 Å². The summed E-state index contributed by atoms with van der Waals surface area (Å²) in [5, 5.41) is 10.2. The van der Waals surface area contributed by atoms with E-state index in [4.69, 9.17) is 4.74 Å². The number of hydrogen-bond donors (Lipinski definition) is 1. The van der Waals surface area contributed by atoms with Crippen LogP contribution < -0.4 is 0 Å². The highest BCUT2D eigenvalue weighted by Crippen LogP contribution is 2.47. The summed E-state index contributed by atoms with van der Waals surface area (Å²) in [4.78, 5) is 0. The van der Waals surface area contributed by atoms with Crippen molar-refractivity contribution in [3.8, 4) is 0 Å². The Balaban J connectivity index is 2.27. The Morgan fingerprint density at radius 2 is 2.23 bits per heavy atom. The topological polar surface area (TPSA) is 29.5 Å². The fraction of sp³-hybridized carbons (Fsp3) is 0.818. The van der Waals surface area contributed by atoms with E-state index in [1.807, 2.05) is 6.92 Å². The lowest BCUT2D eigenvalue weighted by atomic mass is 9.79. The minimum Gasteiger partial charge on any atom is -0.501 e. The van der Waals surface area contributed by atoms with Crippen molar-refractivity contribution in [3.05, 3.63) is 11.3 Å². The molecular formula is C11H18O2. The average molecular weight is 182 g/mol. The first kappa shape index (κ1) is 9.07. The van der Waals surface area contributed by atoms with E-state index in [1.54, 1.807) is 7.11 Å². The van der Waals surface area contributed by atoms with Crippen LogP contribution in [0.1, 0.15) is 39.0 Å². The number of fused-ring (bicyclic) bond motifs is 1. The van der Waals surface area contributed by atoms with Gasteiger partial charge < -0.3 is 9.84 Å². The van der Waals surface area contributed by atoms with Crippen LogP contribution in [0.3, 0.4) is 0 Å². The van der Waals surface area contributed by atoms with Crippen molar-refractivity contribution in [1.82, 2.24) is 0 Å². The minimum absolute atomic E-state index is 0.371. The maximum absolute atomic E-state index is 10.2. The summed E-state index contributed by atoms with van der Waals surface area (Å²) in [5.41, 5.74) is 0.847. The molecule has 1 saturated carbocycles. The maximum Gasteiger partial charge on any atom is 0.0980 e. The van der Waals surface area contributed by atoms with Crippen LogP contribution >= 0.6 is 0 Å². The van der Waals surface area contributed by atoms with Crippen molar-refractivity contribution in [2.24, 2.45) is 5.92 Å². The van der Waals surface area contributed by atoms with Crippen molar-refractivity contribution in [1.29, 1.82) is 0 Å². The molecule has 2 aliphatic carbocycles. The van der Waals surface area contributed by atoms with Crippen LogP contribution in [-0.2, 0) is 4.74 Å². The van der Waals surface area contributed by atoms with Gasteiger partial charge in [0.25, 0.3) is 0 Å². The summed E-state index contributed by atoms with van der Waals surface area (Å²) in [6.45, 7) is 1.94. The summed E-state index contributed by atoms with van der Waals surface area (Å²) in [7, 11) is 1.72. The van der Waals surface area contributed by atoms with Crippen molar-refractivity contribution in [2.75, 3.05) is 7.11 Å². The van der Waals surface area contributed by atoms with Gasteiger partial charge >= 0.3 is 0 Å².